The van der Waals surface area contributed by atoms with Crippen molar-refractivity contribution in [1.82, 2.24) is 25.6 Å². The minimum atomic E-state index is -0.483. The number of nitrogens with one attached hydrogen (secondary N) is 2. The highest BCUT2D eigenvalue weighted by atomic mass is 16.2. The SMILES string of the molecule is C[C@@H](CCc1ccccc1)NC(=O)CNC(=O)Cn1nnc2ccccc2c1=O. The second-order valence-electron chi connectivity index (χ2n) is 6.84. The van der Waals surface area contributed by atoms with Crippen LogP contribution < -0.4 is 16.2 Å². The van der Waals surface area contributed by atoms with E-state index in [0.29, 0.717) is 10.9 Å². The molecule has 150 valence electrons. The fourth-order valence-electron chi connectivity index (χ4n) is 2.92. The molecule has 0 aliphatic heterocycles. The average molecular weight is 393 g/mol. The summed E-state index contributed by atoms with van der Waals surface area (Å²) in [7, 11) is 0. The Balaban J connectivity index is 1.45. The van der Waals surface area contributed by atoms with E-state index in [9.17, 15) is 14.4 Å². The highest BCUT2D eigenvalue weighted by molar-refractivity contribution is 5.84. The number of nitrogens with zero attached hydrogens (tertiary/aromatic N) is 3. The monoisotopic (exact) mass is 393 g/mol. The minimum absolute atomic E-state index is 0.0198. The standard InChI is InChI=1S/C21H23N5O3/c1-15(11-12-16-7-3-2-4-8-16)23-19(27)13-22-20(28)14-26-21(29)17-9-5-6-10-18(17)24-25-26/h2-10,15H,11-14H2,1H3,(H,22,28)(H,23,27)/t15-/m0/s1. The topological polar surface area (TPSA) is 106 Å². The smallest absolute Gasteiger partial charge is 0.278 e. The molecule has 0 radical (unpaired) electrons. The molecule has 2 N–H and O–H groups in total. The van der Waals surface area contributed by atoms with Crippen molar-refractivity contribution in [2.24, 2.45) is 0 Å². The molecule has 3 rings (SSSR count). The van der Waals surface area contributed by atoms with Gasteiger partial charge in [0.05, 0.1) is 11.9 Å². The number of aromatic nitrogens is 3. The van der Waals surface area contributed by atoms with E-state index in [2.05, 4.69) is 20.9 Å². The summed E-state index contributed by atoms with van der Waals surface area (Å²) in [6, 6.07) is 16.8. The third kappa shape index (κ3) is 5.71. The second-order valence-corrected chi connectivity index (χ2v) is 6.84. The van der Waals surface area contributed by atoms with Crippen molar-refractivity contribution in [3.63, 3.8) is 0 Å². The minimum Gasteiger partial charge on any atom is -0.352 e. The van der Waals surface area contributed by atoms with E-state index in [1.807, 2.05) is 37.3 Å². The van der Waals surface area contributed by atoms with Crippen LogP contribution in [0.4, 0.5) is 0 Å². The quantitative estimate of drug-likeness (QED) is 0.595. The van der Waals surface area contributed by atoms with Crippen molar-refractivity contribution in [3.8, 4) is 0 Å². The number of rotatable bonds is 8. The van der Waals surface area contributed by atoms with Crippen LogP contribution >= 0.6 is 0 Å². The fraction of sp³-hybridized carbons (Fsp3) is 0.286. The van der Waals surface area contributed by atoms with Gasteiger partial charge in [0.2, 0.25) is 11.8 Å². The summed E-state index contributed by atoms with van der Waals surface area (Å²) in [4.78, 5) is 36.5. The van der Waals surface area contributed by atoms with Gasteiger partial charge in [0.25, 0.3) is 5.56 Å². The average Bonchev–Trinajstić information content (AvgIpc) is 2.74. The zero-order valence-electron chi connectivity index (χ0n) is 16.2. The van der Waals surface area contributed by atoms with Crippen LogP contribution in [0.3, 0.4) is 0 Å². The number of hydrogen-bond donors (Lipinski definition) is 2. The lowest BCUT2D eigenvalue weighted by Crippen LogP contribution is -2.42. The number of aryl methyl sites for hydroxylation is 1. The molecule has 3 aromatic rings. The maximum absolute atomic E-state index is 12.3. The van der Waals surface area contributed by atoms with Crippen molar-refractivity contribution in [3.05, 3.63) is 70.5 Å². The predicted octanol–water partition coefficient (Wildman–Crippen LogP) is 1.05. The molecule has 0 unspecified atom stereocenters. The first kappa shape index (κ1) is 20.2. The van der Waals surface area contributed by atoms with E-state index in [1.54, 1.807) is 24.3 Å². The normalized spacial score (nSPS) is 11.8. The van der Waals surface area contributed by atoms with Gasteiger partial charge in [0, 0.05) is 6.04 Å². The second kappa shape index (κ2) is 9.59. The number of fused-ring (bicyclic) bond motifs is 1. The van der Waals surface area contributed by atoms with Gasteiger partial charge in [-0.1, -0.05) is 47.7 Å². The molecule has 0 aliphatic rings. The number of carbonyl (C=O) groups excluding carboxylic acids is 2. The molecular weight excluding hydrogens is 370 g/mol. The Morgan fingerprint density at radius 1 is 1.03 bits per heavy atom. The Kier molecular flexibility index (Phi) is 6.67. The number of benzene rings is 2. The highest BCUT2D eigenvalue weighted by Crippen LogP contribution is 2.05. The van der Waals surface area contributed by atoms with Gasteiger partial charge in [-0.3, -0.25) is 14.4 Å². The number of hydrogen-bond acceptors (Lipinski definition) is 5. The summed E-state index contributed by atoms with van der Waals surface area (Å²) in [5.41, 5.74) is 1.28. The maximum Gasteiger partial charge on any atom is 0.278 e. The van der Waals surface area contributed by atoms with Crippen LogP contribution in [0.5, 0.6) is 0 Å². The summed E-state index contributed by atoms with van der Waals surface area (Å²) >= 11 is 0. The molecular formula is C21H23N5O3. The maximum atomic E-state index is 12.3. The van der Waals surface area contributed by atoms with Crippen LogP contribution in [0.2, 0.25) is 0 Å². The highest BCUT2D eigenvalue weighted by Gasteiger charge is 2.12. The van der Waals surface area contributed by atoms with Gasteiger partial charge in [0.1, 0.15) is 12.1 Å². The fourth-order valence-corrected chi connectivity index (χ4v) is 2.92. The first-order valence-electron chi connectivity index (χ1n) is 9.45. The molecule has 0 bridgehead atoms. The molecule has 0 saturated heterocycles. The lowest BCUT2D eigenvalue weighted by atomic mass is 10.1. The Bertz CT molecular complexity index is 1050. The van der Waals surface area contributed by atoms with Gasteiger partial charge in [-0.2, -0.15) is 0 Å². The summed E-state index contributed by atoms with van der Waals surface area (Å²) in [5, 5.41) is 13.4. The third-order valence-corrected chi connectivity index (χ3v) is 4.49. The molecule has 0 fully saturated rings. The van der Waals surface area contributed by atoms with Crippen molar-refractivity contribution < 1.29 is 9.59 Å². The molecule has 0 spiro atoms. The van der Waals surface area contributed by atoms with Crippen LogP contribution in [0.1, 0.15) is 18.9 Å². The lowest BCUT2D eigenvalue weighted by Gasteiger charge is -2.14. The van der Waals surface area contributed by atoms with Crippen molar-refractivity contribution in [2.75, 3.05) is 6.54 Å². The number of carbonyl (C=O) groups is 2. The number of amides is 2. The van der Waals surface area contributed by atoms with E-state index in [0.717, 1.165) is 17.5 Å². The molecule has 8 nitrogen and oxygen atoms in total. The summed E-state index contributed by atoms with van der Waals surface area (Å²) in [6.45, 7) is 1.46. The summed E-state index contributed by atoms with van der Waals surface area (Å²) in [6.07, 6.45) is 1.66. The molecule has 8 heteroatoms. The molecule has 0 aliphatic carbocycles. The Morgan fingerprint density at radius 2 is 1.76 bits per heavy atom. The summed E-state index contributed by atoms with van der Waals surface area (Å²) < 4.78 is 0.984. The molecule has 29 heavy (non-hydrogen) atoms. The molecule has 2 aromatic carbocycles. The molecule has 2 amide bonds. The van der Waals surface area contributed by atoms with E-state index in [-0.39, 0.29) is 25.0 Å². The molecule has 0 saturated carbocycles. The lowest BCUT2D eigenvalue weighted by molar-refractivity contribution is -0.126. The largest absolute Gasteiger partial charge is 0.352 e. The van der Waals surface area contributed by atoms with Gasteiger partial charge >= 0.3 is 0 Å². The van der Waals surface area contributed by atoms with Gasteiger partial charge < -0.3 is 10.6 Å². The van der Waals surface area contributed by atoms with E-state index >= 15 is 0 Å². The van der Waals surface area contributed by atoms with Gasteiger partial charge in [-0.05, 0) is 37.5 Å². The van der Waals surface area contributed by atoms with Crippen LogP contribution in [-0.2, 0) is 22.6 Å². The van der Waals surface area contributed by atoms with Crippen LogP contribution in [0, 0.1) is 0 Å². The Hall–Kier alpha value is -3.55. The Labute approximate surface area is 167 Å². The first-order valence-corrected chi connectivity index (χ1v) is 9.45. The van der Waals surface area contributed by atoms with Crippen molar-refractivity contribution >= 4 is 22.7 Å². The van der Waals surface area contributed by atoms with Crippen LogP contribution in [0.25, 0.3) is 10.9 Å². The van der Waals surface area contributed by atoms with Gasteiger partial charge in [-0.25, -0.2) is 4.68 Å². The van der Waals surface area contributed by atoms with E-state index < -0.39 is 11.5 Å². The van der Waals surface area contributed by atoms with Crippen LogP contribution in [-0.4, -0.2) is 39.4 Å². The molecule has 1 heterocycles. The molecule has 1 atom stereocenters. The summed E-state index contributed by atoms with van der Waals surface area (Å²) in [5.74, 6) is -0.764. The van der Waals surface area contributed by atoms with Crippen molar-refractivity contribution in [2.45, 2.75) is 32.4 Å². The molecule has 1 aromatic heterocycles. The van der Waals surface area contributed by atoms with E-state index in [1.165, 1.54) is 5.56 Å². The first-order chi connectivity index (χ1) is 14.0. The zero-order chi connectivity index (χ0) is 20.6. The Morgan fingerprint density at radius 3 is 2.55 bits per heavy atom. The third-order valence-electron chi connectivity index (χ3n) is 4.49. The van der Waals surface area contributed by atoms with Crippen LogP contribution in [0.15, 0.2) is 59.4 Å². The predicted molar refractivity (Wildman–Crippen MR) is 109 cm³/mol. The van der Waals surface area contributed by atoms with Crippen molar-refractivity contribution in [1.29, 1.82) is 0 Å². The van der Waals surface area contributed by atoms with Gasteiger partial charge in [-0.15, -0.1) is 5.10 Å². The van der Waals surface area contributed by atoms with Gasteiger partial charge in [0.15, 0.2) is 0 Å². The zero-order valence-corrected chi connectivity index (χ0v) is 16.2. The van der Waals surface area contributed by atoms with E-state index in [4.69, 9.17) is 0 Å².